The van der Waals surface area contributed by atoms with Gasteiger partial charge in [-0.25, -0.2) is 13.1 Å². The predicted molar refractivity (Wildman–Crippen MR) is 128 cm³/mol. The maximum atomic E-state index is 12.4. The monoisotopic (exact) mass is 446 g/mol. The normalized spacial score (nSPS) is 14.4. The zero-order chi connectivity index (χ0) is 22.4. The van der Waals surface area contributed by atoms with E-state index in [1.807, 2.05) is 83.8 Å². The third-order valence-electron chi connectivity index (χ3n) is 5.53. The quantitative estimate of drug-likeness (QED) is 0.551. The number of nitrogens with zero attached hydrogens (tertiary/aromatic N) is 1. The molecule has 0 aliphatic carbocycles. The topological polar surface area (TPSA) is 66.5 Å². The van der Waals surface area contributed by atoms with Gasteiger partial charge in [0.1, 0.15) is 0 Å². The molecule has 1 amide bonds. The van der Waals surface area contributed by atoms with E-state index in [0.717, 1.165) is 40.8 Å². The largest absolute Gasteiger partial charge is 0.338 e. The molecule has 0 atom stereocenters. The van der Waals surface area contributed by atoms with Crippen LogP contribution in [0.15, 0.2) is 84.3 Å². The van der Waals surface area contributed by atoms with Crippen LogP contribution in [0.5, 0.6) is 0 Å². The summed E-state index contributed by atoms with van der Waals surface area (Å²) in [6, 6.07) is 25.2. The zero-order valence-electron chi connectivity index (χ0n) is 17.8. The Labute approximate surface area is 189 Å². The number of hydrogen-bond acceptors (Lipinski definition) is 3. The molecule has 6 heteroatoms. The summed E-state index contributed by atoms with van der Waals surface area (Å²) < 4.78 is 27.5. The fraction of sp³-hybridized carbons (Fsp3) is 0.192. The van der Waals surface area contributed by atoms with Crippen LogP contribution in [0, 0.1) is 0 Å². The number of hydrogen-bond donors (Lipinski definition) is 1. The summed E-state index contributed by atoms with van der Waals surface area (Å²) in [6.07, 6.45) is 3.15. The molecule has 4 rings (SSSR count). The lowest BCUT2D eigenvalue weighted by atomic mass is 9.98. The number of carbonyl (C=O) groups excluding carboxylic acids is 1. The summed E-state index contributed by atoms with van der Waals surface area (Å²) in [5.74, 6) is 0.216. The molecule has 5 nitrogen and oxygen atoms in total. The number of rotatable bonds is 8. The van der Waals surface area contributed by atoms with E-state index >= 15 is 0 Å². The average Bonchev–Trinajstić information content (AvgIpc) is 3.22. The summed E-state index contributed by atoms with van der Waals surface area (Å²) in [4.78, 5) is 13.7. The molecule has 0 unspecified atom stereocenters. The molecule has 3 aromatic carbocycles. The first-order chi connectivity index (χ1) is 15.5. The summed E-state index contributed by atoms with van der Waals surface area (Å²) in [5, 5.41) is 1.19. The number of nitrogens with one attached hydrogen (secondary N) is 1. The molecule has 0 saturated carbocycles. The van der Waals surface area contributed by atoms with Crippen molar-refractivity contribution in [2.45, 2.75) is 25.9 Å². The number of benzene rings is 3. The van der Waals surface area contributed by atoms with Gasteiger partial charge in [0, 0.05) is 31.5 Å². The molecule has 164 valence electrons. The van der Waals surface area contributed by atoms with Crippen LogP contribution in [0.1, 0.15) is 29.5 Å². The van der Waals surface area contributed by atoms with E-state index in [9.17, 15) is 13.2 Å². The Morgan fingerprint density at radius 2 is 1.62 bits per heavy atom. The van der Waals surface area contributed by atoms with Crippen LogP contribution < -0.4 is 4.72 Å². The summed E-state index contributed by atoms with van der Waals surface area (Å²) in [6.45, 7) is 1.65. The molecule has 0 aromatic heterocycles. The molecule has 1 heterocycles. The molecule has 32 heavy (non-hydrogen) atoms. The molecule has 1 N–H and O–H groups in total. The van der Waals surface area contributed by atoms with Crippen LogP contribution in [0.4, 0.5) is 0 Å². The second kappa shape index (κ2) is 9.94. The van der Waals surface area contributed by atoms with Crippen molar-refractivity contribution in [3.8, 4) is 11.1 Å². The second-order valence-corrected chi connectivity index (χ2v) is 9.50. The van der Waals surface area contributed by atoms with E-state index in [2.05, 4.69) is 4.72 Å². The minimum Gasteiger partial charge on any atom is -0.338 e. The maximum Gasteiger partial charge on any atom is 0.234 e. The first kappa shape index (κ1) is 22.0. The van der Waals surface area contributed by atoms with Crippen LogP contribution in [-0.2, 0) is 27.9 Å². The molecule has 0 radical (unpaired) electrons. The van der Waals surface area contributed by atoms with Crippen molar-refractivity contribution in [1.29, 1.82) is 0 Å². The highest BCUT2D eigenvalue weighted by Gasteiger charge is 2.20. The Hall–Kier alpha value is -3.22. The van der Waals surface area contributed by atoms with Gasteiger partial charge >= 0.3 is 0 Å². The van der Waals surface area contributed by atoms with Gasteiger partial charge in [0.2, 0.25) is 15.9 Å². The van der Waals surface area contributed by atoms with Crippen molar-refractivity contribution in [3.05, 3.63) is 101 Å². The Morgan fingerprint density at radius 1 is 0.906 bits per heavy atom. The molecule has 0 spiro atoms. The van der Waals surface area contributed by atoms with Gasteiger partial charge in [-0.05, 0) is 40.3 Å². The summed E-state index contributed by atoms with van der Waals surface area (Å²) >= 11 is 0. The van der Waals surface area contributed by atoms with Crippen molar-refractivity contribution in [1.82, 2.24) is 9.62 Å². The standard InChI is InChI=1S/C26H26N2O3S/c29-26-11-6-17-28(26)20-22-12-14-23(15-13-22)25-10-5-4-9-24(25)19-27-32(30,31)18-16-21-7-2-1-3-8-21/h1-5,7-10,12-16,18,27H,6,11,17,19-20H2. The van der Waals surface area contributed by atoms with Crippen LogP contribution in [0.3, 0.4) is 0 Å². The lowest BCUT2D eigenvalue weighted by Crippen LogP contribution is -2.23. The van der Waals surface area contributed by atoms with Gasteiger partial charge in [0.05, 0.1) is 0 Å². The Bertz CT molecular complexity index is 1200. The molecule has 0 bridgehead atoms. The molecule has 1 aliphatic heterocycles. The van der Waals surface area contributed by atoms with E-state index in [1.165, 1.54) is 5.41 Å². The van der Waals surface area contributed by atoms with E-state index < -0.39 is 10.0 Å². The van der Waals surface area contributed by atoms with Gasteiger partial charge in [-0.3, -0.25) is 4.79 Å². The van der Waals surface area contributed by atoms with Crippen LogP contribution in [0.25, 0.3) is 17.2 Å². The minimum atomic E-state index is -3.57. The molecular formula is C26H26N2O3S. The van der Waals surface area contributed by atoms with E-state index in [-0.39, 0.29) is 12.5 Å². The lowest BCUT2D eigenvalue weighted by molar-refractivity contribution is -0.128. The van der Waals surface area contributed by atoms with Gasteiger partial charge in [-0.15, -0.1) is 0 Å². The van der Waals surface area contributed by atoms with Gasteiger partial charge in [0.25, 0.3) is 0 Å². The van der Waals surface area contributed by atoms with E-state index in [1.54, 1.807) is 6.08 Å². The van der Waals surface area contributed by atoms with Crippen molar-refractivity contribution in [2.24, 2.45) is 0 Å². The first-order valence-electron chi connectivity index (χ1n) is 10.7. The molecule has 1 aliphatic rings. The SMILES string of the molecule is O=C1CCCN1Cc1ccc(-c2ccccc2CNS(=O)(=O)C=Cc2ccccc2)cc1. The van der Waals surface area contributed by atoms with Crippen molar-refractivity contribution in [3.63, 3.8) is 0 Å². The number of amides is 1. The lowest BCUT2D eigenvalue weighted by Gasteiger charge is -2.16. The van der Waals surface area contributed by atoms with Gasteiger partial charge in [-0.1, -0.05) is 78.9 Å². The number of likely N-dealkylation sites (tertiary alicyclic amines) is 1. The highest BCUT2D eigenvalue weighted by molar-refractivity contribution is 7.92. The summed E-state index contributed by atoms with van der Waals surface area (Å²) in [7, 11) is -3.57. The van der Waals surface area contributed by atoms with Crippen molar-refractivity contribution in [2.75, 3.05) is 6.54 Å². The Kier molecular flexibility index (Phi) is 6.83. The smallest absolute Gasteiger partial charge is 0.234 e. The maximum absolute atomic E-state index is 12.4. The highest BCUT2D eigenvalue weighted by Crippen LogP contribution is 2.25. The van der Waals surface area contributed by atoms with Crippen molar-refractivity contribution < 1.29 is 13.2 Å². The average molecular weight is 447 g/mol. The predicted octanol–water partition coefficient (Wildman–Crippen LogP) is 4.57. The Morgan fingerprint density at radius 3 is 2.34 bits per heavy atom. The van der Waals surface area contributed by atoms with Crippen molar-refractivity contribution >= 4 is 22.0 Å². The van der Waals surface area contributed by atoms with E-state index in [4.69, 9.17) is 0 Å². The second-order valence-electron chi connectivity index (χ2n) is 7.85. The fourth-order valence-corrected chi connectivity index (χ4v) is 4.59. The Balaban J connectivity index is 1.44. The van der Waals surface area contributed by atoms with Gasteiger partial charge < -0.3 is 4.90 Å². The molecule has 3 aromatic rings. The number of sulfonamides is 1. The third kappa shape index (κ3) is 5.72. The van der Waals surface area contributed by atoms with Crippen LogP contribution >= 0.6 is 0 Å². The summed E-state index contributed by atoms with van der Waals surface area (Å²) in [5.41, 5.74) is 4.80. The fourth-order valence-electron chi connectivity index (χ4n) is 3.80. The highest BCUT2D eigenvalue weighted by atomic mass is 32.2. The van der Waals surface area contributed by atoms with Gasteiger partial charge in [0.15, 0.2) is 0 Å². The molecular weight excluding hydrogens is 420 g/mol. The minimum absolute atomic E-state index is 0.196. The molecule has 1 saturated heterocycles. The third-order valence-corrected chi connectivity index (χ3v) is 6.57. The number of carbonyl (C=O) groups is 1. The first-order valence-corrected chi connectivity index (χ1v) is 12.2. The zero-order valence-corrected chi connectivity index (χ0v) is 18.6. The van der Waals surface area contributed by atoms with Crippen LogP contribution in [-0.4, -0.2) is 25.8 Å². The van der Waals surface area contributed by atoms with E-state index in [0.29, 0.717) is 13.0 Å². The van der Waals surface area contributed by atoms with Gasteiger partial charge in [-0.2, -0.15) is 0 Å². The molecule has 1 fully saturated rings. The van der Waals surface area contributed by atoms with Crippen LogP contribution in [0.2, 0.25) is 0 Å².